The van der Waals surface area contributed by atoms with Gasteiger partial charge in [-0.15, -0.1) is 0 Å². The van der Waals surface area contributed by atoms with Crippen LogP contribution in [0.2, 0.25) is 0 Å². The van der Waals surface area contributed by atoms with Crippen molar-refractivity contribution >= 4 is 11.9 Å². The minimum Gasteiger partial charge on any atom is -0.478 e. The molecule has 3 N–H and O–H groups in total. The highest BCUT2D eigenvalue weighted by Crippen LogP contribution is 2.25. The number of aromatic nitrogens is 3. The Balaban J connectivity index is 2.76. The second-order valence-corrected chi connectivity index (χ2v) is 3.19. The normalized spacial score (nSPS) is 10.1. The van der Waals surface area contributed by atoms with Crippen LogP contribution in [0.1, 0.15) is 20.7 Å². The van der Waals surface area contributed by atoms with Crippen LogP contribution in [0.4, 0.5) is 0 Å². The number of aromatic amines is 1. The lowest BCUT2D eigenvalue weighted by molar-refractivity contribution is 0.0696. The molecule has 1 aromatic heterocycles. The number of aromatic carboxylic acids is 2. The average Bonchev–Trinajstić information content (AvgIpc) is 2.80. The number of nitrogens with zero attached hydrogens (tertiary/aromatic N) is 2. The van der Waals surface area contributed by atoms with E-state index in [2.05, 4.69) is 15.4 Å². The molecule has 0 aliphatic heterocycles. The number of rotatable bonds is 3. The van der Waals surface area contributed by atoms with E-state index in [1.807, 2.05) is 0 Å². The van der Waals surface area contributed by atoms with Crippen molar-refractivity contribution in [2.75, 3.05) is 0 Å². The molecular weight excluding hydrogens is 226 g/mol. The highest BCUT2D eigenvalue weighted by molar-refractivity contribution is 6.04. The fourth-order valence-electron chi connectivity index (χ4n) is 1.51. The maximum atomic E-state index is 11.0. The van der Waals surface area contributed by atoms with E-state index >= 15 is 0 Å². The van der Waals surface area contributed by atoms with Crippen molar-refractivity contribution in [1.82, 2.24) is 15.4 Å². The molecule has 0 atom stereocenters. The van der Waals surface area contributed by atoms with Crippen LogP contribution in [0.3, 0.4) is 0 Å². The summed E-state index contributed by atoms with van der Waals surface area (Å²) in [7, 11) is 0. The third-order valence-corrected chi connectivity index (χ3v) is 2.20. The molecule has 86 valence electrons. The summed E-state index contributed by atoms with van der Waals surface area (Å²) in [6.07, 6.45) is 1.27. The Labute approximate surface area is 94.7 Å². The van der Waals surface area contributed by atoms with Crippen molar-refractivity contribution in [3.05, 3.63) is 35.5 Å². The second kappa shape index (κ2) is 4.05. The van der Waals surface area contributed by atoms with Gasteiger partial charge < -0.3 is 10.2 Å². The van der Waals surface area contributed by atoms with Crippen LogP contribution in [0.5, 0.6) is 0 Å². The second-order valence-electron chi connectivity index (χ2n) is 3.19. The molecular formula is C10H7N3O4. The number of hydrogen-bond donors (Lipinski definition) is 3. The molecule has 0 aliphatic carbocycles. The number of benzene rings is 1. The van der Waals surface area contributed by atoms with Crippen LogP contribution >= 0.6 is 0 Å². The van der Waals surface area contributed by atoms with Gasteiger partial charge in [0.25, 0.3) is 0 Å². The van der Waals surface area contributed by atoms with Crippen molar-refractivity contribution < 1.29 is 19.8 Å². The van der Waals surface area contributed by atoms with Crippen LogP contribution in [0, 0.1) is 0 Å². The number of H-pyrrole nitrogens is 1. The molecule has 0 aliphatic rings. The van der Waals surface area contributed by atoms with Gasteiger partial charge in [0.2, 0.25) is 0 Å². The van der Waals surface area contributed by atoms with Crippen LogP contribution in [0.15, 0.2) is 24.4 Å². The molecule has 0 radical (unpaired) electrons. The van der Waals surface area contributed by atoms with Gasteiger partial charge in [-0.2, -0.15) is 15.4 Å². The van der Waals surface area contributed by atoms with E-state index in [1.54, 1.807) is 0 Å². The van der Waals surface area contributed by atoms with Crippen molar-refractivity contribution in [3.63, 3.8) is 0 Å². The third-order valence-electron chi connectivity index (χ3n) is 2.20. The molecule has 2 rings (SSSR count). The predicted octanol–water partition coefficient (Wildman–Crippen LogP) is 0.868. The van der Waals surface area contributed by atoms with Gasteiger partial charge in [-0.1, -0.05) is 6.07 Å². The topological polar surface area (TPSA) is 116 Å². The molecule has 0 unspecified atom stereocenters. The smallest absolute Gasteiger partial charge is 0.336 e. The number of carboxylic acid groups (broad SMARTS) is 2. The molecule has 2 aromatic rings. The lowest BCUT2D eigenvalue weighted by atomic mass is 9.98. The first kappa shape index (κ1) is 10.8. The molecule has 0 saturated carbocycles. The van der Waals surface area contributed by atoms with Gasteiger partial charge in [-0.25, -0.2) is 9.59 Å². The van der Waals surface area contributed by atoms with Crippen molar-refractivity contribution in [1.29, 1.82) is 0 Å². The Morgan fingerprint density at radius 1 is 1.12 bits per heavy atom. The van der Waals surface area contributed by atoms with E-state index < -0.39 is 11.9 Å². The summed E-state index contributed by atoms with van der Waals surface area (Å²) < 4.78 is 0. The number of carbonyl (C=O) groups is 2. The summed E-state index contributed by atoms with van der Waals surface area (Å²) >= 11 is 0. The lowest BCUT2D eigenvalue weighted by Gasteiger charge is -2.06. The molecule has 7 heteroatoms. The fraction of sp³-hybridized carbons (Fsp3) is 0. The Kier molecular flexibility index (Phi) is 2.57. The zero-order valence-electron chi connectivity index (χ0n) is 8.41. The van der Waals surface area contributed by atoms with Crippen molar-refractivity contribution in [3.8, 4) is 11.3 Å². The molecule has 7 nitrogen and oxygen atoms in total. The third kappa shape index (κ3) is 1.85. The molecule has 0 saturated heterocycles. The Bertz CT molecular complexity index is 545. The summed E-state index contributed by atoms with van der Waals surface area (Å²) in [5, 5.41) is 27.6. The maximum absolute atomic E-state index is 11.0. The van der Waals surface area contributed by atoms with Crippen molar-refractivity contribution in [2.45, 2.75) is 0 Å². The summed E-state index contributed by atoms with van der Waals surface area (Å²) in [6, 6.07) is 4.01. The minimum atomic E-state index is -1.22. The van der Waals surface area contributed by atoms with Gasteiger partial charge in [-0.05, 0) is 12.1 Å². The Morgan fingerprint density at radius 2 is 1.71 bits per heavy atom. The summed E-state index contributed by atoms with van der Waals surface area (Å²) in [5.74, 6) is -2.43. The molecule has 1 heterocycles. The highest BCUT2D eigenvalue weighted by atomic mass is 16.4. The monoisotopic (exact) mass is 233 g/mol. The largest absolute Gasteiger partial charge is 0.478 e. The summed E-state index contributed by atoms with van der Waals surface area (Å²) in [5.41, 5.74) is -0.0285. The van der Waals surface area contributed by atoms with Crippen LogP contribution in [-0.2, 0) is 0 Å². The summed E-state index contributed by atoms with van der Waals surface area (Å²) in [4.78, 5) is 22.1. The first-order valence-electron chi connectivity index (χ1n) is 4.57. The zero-order valence-corrected chi connectivity index (χ0v) is 8.41. The standard InChI is InChI=1S/C10H7N3O4/c14-9(15)5-2-1-3-6(10(16)17)8(5)7-4-11-13-12-7/h1-4H,(H,14,15)(H,16,17)(H,11,12,13). The molecule has 0 fully saturated rings. The van der Waals surface area contributed by atoms with Crippen LogP contribution < -0.4 is 0 Å². The average molecular weight is 233 g/mol. The lowest BCUT2D eigenvalue weighted by Crippen LogP contribution is -2.07. The van der Waals surface area contributed by atoms with Gasteiger partial charge in [-0.3, -0.25) is 0 Å². The van der Waals surface area contributed by atoms with E-state index in [0.29, 0.717) is 0 Å². The SMILES string of the molecule is O=C(O)c1cccc(C(=O)O)c1-c1cn[nH]n1. The van der Waals surface area contributed by atoms with E-state index in [1.165, 1.54) is 24.4 Å². The van der Waals surface area contributed by atoms with E-state index in [4.69, 9.17) is 10.2 Å². The Hall–Kier alpha value is -2.70. The molecule has 0 bridgehead atoms. The maximum Gasteiger partial charge on any atom is 0.336 e. The van der Waals surface area contributed by atoms with Gasteiger partial charge in [0.15, 0.2) is 0 Å². The first-order chi connectivity index (χ1) is 8.11. The number of carboxylic acids is 2. The van der Waals surface area contributed by atoms with Crippen molar-refractivity contribution in [2.24, 2.45) is 0 Å². The molecule has 0 spiro atoms. The zero-order chi connectivity index (χ0) is 12.4. The Morgan fingerprint density at radius 3 is 2.12 bits per heavy atom. The first-order valence-corrected chi connectivity index (χ1v) is 4.57. The van der Waals surface area contributed by atoms with E-state index in [9.17, 15) is 9.59 Å². The number of nitrogens with one attached hydrogen (secondary N) is 1. The molecule has 0 amide bonds. The fourth-order valence-corrected chi connectivity index (χ4v) is 1.51. The quantitative estimate of drug-likeness (QED) is 0.724. The van der Waals surface area contributed by atoms with Gasteiger partial charge in [0.05, 0.1) is 17.3 Å². The summed E-state index contributed by atoms with van der Waals surface area (Å²) in [6.45, 7) is 0. The van der Waals surface area contributed by atoms with E-state index in [0.717, 1.165) is 0 Å². The van der Waals surface area contributed by atoms with Gasteiger partial charge in [0, 0.05) is 5.56 Å². The highest BCUT2D eigenvalue weighted by Gasteiger charge is 2.20. The van der Waals surface area contributed by atoms with Crippen LogP contribution in [-0.4, -0.2) is 37.6 Å². The minimum absolute atomic E-state index is 0.0428. The van der Waals surface area contributed by atoms with Gasteiger partial charge >= 0.3 is 11.9 Å². The molecule has 17 heavy (non-hydrogen) atoms. The predicted molar refractivity (Wildman–Crippen MR) is 55.7 cm³/mol. The number of hydrogen-bond acceptors (Lipinski definition) is 4. The molecule has 1 aromatic carbocycles. The van der Waals surface area contributed by atoms with Gasteiger partial charge in [0.1, 0.15) is 5.69 Å². The van der Waals surface area contributed by atoms with E-state index in [-0.39, 0.29) is 22.4 Å². The van der Waals surface area contributed by atoms with Crippen LogP contribution in [0.25, 0.3) is 11.3 Å².